The van der Waals surface area contributed by atoms with Gasteiger partial charge >= 0.3 is 0 Å². The fraction of sp³-hybridized carbons (Fsp3) is 0.538. The second-order valence-corrected chi connectivity index (χ2v) is 5.00. The molecule has 0 saturated carbocycles. The molecule has 0 spiro atoms. The zero-order valence-electron chi connectivity index (χ0n) is 11.4. The molecule has 4 nitrogen and oxygen atoms in total. The van der Waals surface area contributed by atoms with E-state index >= 15 is 0 Å². The maximum atomic E-state index is 12.5. The molecule has 1 aromatic carbocycles. The summed E-state index contributed by atoms with van der Waals surface area (Å²) in [7, 11) is 3.04. The molecular formula is C13H18BrF2NO3. The summed E-state index contributed by atoms with van der Waals surface area (Å²) in [6.07, 6.45) is -2.45. The van der Waals surface area contributed by atoms with Crippen LogP contribution in [0.5, 0.6) is 11.5 Å². The Morgan fingerprint density at radius 2 is 1.90 bits per heavy atom. The fourth-order valence-corrected chi connectivity index (χ4v) is 2.34. The van der Waals surface area contributed by atoms with Crippen molar-refractivity contribution in [2.75, 3.05) is 33.9 Å². The van der Waals surface area contributed by atoms with Crippen LogP contribution < -0.4 is 9.47 Å². The summed E-state index contributed by atoms with van der Waals surface area (Å²) < 4.78 is 36.2. The van der Waals surface area contributed by atoms with Crippen molar-refractivity contribution in [2.45, 2.75) is 13.0 Å². The van der Waals surface area contributed by atoms with E-state index < -0.39 is 13.0 Å². The van der Waals surface area contributed by atoms with Crippen molar-refractivity contribution >= 4 is 15.9 Å². The minimum atomic E-state index is -2.45. The molecule has 20 heavy (non-hydrogen) atoms. The first kappa shape index (κ1) is 17.1. The Hall–Kier alpha value is -0.920. The number of aliphatic hydroxyl groups excluding tert-OH is 1. The first-order chi connectivity index (χ1) is 9.51. The van der Waals surface area contributed by atoms with Gasteiger partial charge in [0.1, 0.15) is 11.5 Å². The predicted molar refractivity (Wildman–Crippen MR) is 75.6 cm³/mol. The van der Waals surface area contributed by atoms with Crippen molar-refractivity contribution in [3.63, 3.8) is 0 Å². The average molecular weight is 354 g/mol. The summed E-state index contributed by atoms with van der Waals surface area (Å²) >= 11 is 3.34. The maximum absolute atomic E-state index is 12.5. The van der Waals surface area contributed by atoms with E-state index in [4.69, 9.17) is 14.6 Å². The topological polar surface area (TPSA) is 41.9 Å². The van der Waals surface area contributed by atoms with Gasteiger partial charge in [0, 0.05) is 18.7 Å². The van der Waals surface area contributed by atoms with E-state index in [0.29, 0.717) is 11.5 Å². The van der Waals surface area contributed by atoms with Crippen LogP contribution in [0.4, 0.5) is 8.78 Å². The number of halogens is 3. The third-order valence-corrected chi connectivity index (χ3v) is 3.38. The molecule has 0 aromatic heterocycles. The Morgan fingerprint density at radius 1 is 1.25 bits per heavy atom. The summed E-state index contributed by atoms with van der Waals surface area (Å²) in [5.74, 6) is 1.18. The second kappa shape index (κ2) is 8.39. The molecule has 0 amide bonds. The highest BCUT2D eigenvalue weighted by molar-refractivity contribution is 9.10. The van der Waals surface area contributed by atoms with Crippen LogP contribution >= 0.6 is 15.9 Å². The van der Waals surface area contributed by atoms with Gasteiger partial charge in [0.05, 0.1) is 31.8 Å². The lowest BCUT2D eigenvalue weighted by molar-refractivity contribution is 0.0742. The number of hydrogen-bond donors (Lipinski definition) is 1. The van der Waals surface area contributed by atoms with E-state index in [0.717, 1.165) is 10.0 Å². The van der Waals surface area contributed by atoms with E-state index in [1.165, 1.54) is 19.1 Å². The van der Waals surface area contributed by atoms with Gasteiger partial charge in [0.2, 0.25) is 0 Å². The molecule has 0 unspecified atom stereocenters. The quantitative estimate of drug-likeness (QED) is 0.779. The molecular weight excluding hydrogens is 336 g/mol. The largest absolute Gasteiger partial charge is 0.496 e. The zero-order valence-corrected chi connectivity index (χ0v) is 13.0. The Balaban J connectivity index is 2.97. The van der Waals surface area contributed by atoms with Crippen LogP contribution in [0.3, 0.4) is 0 Å². The van der Waals surface area contributed by atoms with Gasteiger partial charge in [-0.25, -0.2) is 8.78 Å². The van der Waals surface area contributed by atoms with E-state index in [1.54, 1.807) is 12.1 Å². The summed E-state index contributed by atoms with van der Waals surface area (Å²) in [5.41, 5.74) is 0.724. The Kier molecular flexibility index (Phi) is 7.18. The third-order valence-electron chi connectivity index (χ3n) is 2.76. The Morgan fingerprint density at radius 3 is 2.40 bits per heavy atom. The van der Waals surface area contributed by atoms with Crippen LogP contribution in [0.2, 0.25) is 0 Å². The molecule has 0 atom stereocenters. The number of benzene rings is 1. The maximum Gasteiger partial charge on any atom is 0.251 e. The number of aliphatic hydroxyl groups is 1. The van der Waals surface area contributed by atoms with Crippen LogP contribution in [-0.4, -0.2) is 50.3 Å². The number of hydrogen-bond acceptors (Lipinski definition) is 4. The van der Waals surface area contributed by atoms with Gasteiger partial charge in [0.25, 0.3) is 6.43 Å². The SMILES string of the molecule is COc1cc(CN(CCO)CC(F)F)c(OC)cc1Br. The van der Waals surface area contributed by atoms with Crippen molar-refractivity contribution in [3.8, 4) is 11.5 Å². The molecule has 0 aliphatic rings. The van der Waals surface area contributed by atoms with Crippen molar-refractivity contribution in [2.24, 2.45) is 0 Å². The molecule has 0 heterocycles. The Labute approximate surface area is 125 Å². The number of nitrogens with zero attached hydrogens (tertiary/aromatic N) is 1. The number of methoxy groups -OCH3 is 2. The normalized spacial score (nSPS) is 11.2. The van der Waals surface area contributed by atoms with Crippen molar-refractivity contribution < 1.29 is 23.4 Å². The molecule has 0 radical (unpaired) electrons. The van der Waals surface area contributed by atoms with Crippen molar-refractivity contribution in [1.29, 1.82) is 0 Å². The second-order valence-electron chi connectivity index (χ2n) is 4.15. The molecule has 7 heteroatoms. The van der Waals surface area contributed by atoms with E-state index in [9.17, 15) is 8.78 Å². The van der Waals surface area contributed by atoms with E-state index in [-0.39, 0.29) is 19.7 Å². The van der Waals surface area contributed by atoms with Crippen LogP contribution in [0, 0.1) is 0 Å². The lowest BCUT2D eigenvalue weighted by Gasteiger charge is -2.22. The van der Waals surface area contributed by atoms with Gasteiger partial charge in [0.15, 0.2) is 0 Å². The monoisotopic (exact) mass is 353 g/mol. The third kappa shape index (κ3) is 4.88. The molecule has 0 saturated heterocycles. The summed E-state index contributed by atoms with van der Waals surface area (Å²) in [6, 6.07) is 3.46. The van der Waals surface area contributed by atoms with Gasteiger partial charge < -0.3 is 14.6 Å². The standard InChI is InChI=1S/C13H18BrF2NO3/c1-19-11-6-10(14)12(20-2)5-9(11)7-17(3-4-18)8-13(15)16/h5-6,13,18H,3-4,7-8H2,1-2H3. The van der Waals surface area contributed by atoms with Crippen LogP contribution in [-0.2, 0) is 6.54 Å². The molecule has 0 aliphatic heterocycles. The molecule has 0 fully saturated rings. The van der Waals surface area contributed by atoms with Gasteiger partial charge in [-0.2, -0.15) is 0 Å². The van der Waals surface area contributed by atoms with Gasteiger partial charge in [-0.15, -0.1) is 0 Å². The van der Waals surface area contributed by atoms with Gasteiger partial charge in [-0.1, -0.05) is 0 Å². The summed E-state index contributed by atoms with van der Waals surface area (Å²) in [5, 5.41) is 8.95. The summed E-state index contributed by atoms with van der Waals surface area (Å²) in [4.78, 5) is 1.47. The molecule has 1 rings (SSSR count). The molecule has 114 valence electrons. The highest BCUT2D eigenvalue weighted by atomic mass is 79.9. The van der Waals surface area contributed by atoms with Crippen molar-refractivity contribution in [1.82, 2.24) is 4.90 Å². The van der Waals surface area contributed by atoms with Crippen LogP contribution in [0.15, 0.2) is 16.6 Å². The van der Waals surface area contributed by atoms with Gasteiger partial charge in [-0.3, -0.25) is 4.90 Å². The van der Waals surface area contributed by atoms with E-state index in [2.05, 4.69) is 15.9 Å². The number of ether oxygens (including phenoxy) is 2. The first-order valence-corrected chi connectivity index (χ1v) is 6.82. The van der Waals surface area contributed by atoms with Gasteiger partial charge in [-0.05, 0) is 28.1 Å². The van der Waals surface area contributed by atoms with Crippen LogP contribution in [0.25, 0.3) is 0 Å². The number of rotatable bonds is 8. The van der Waals surface area contributed by atoms with Crippen LogP contribution in [0.1, 0.15) is 5.56 Å². The van der Waals surface area contributed by atoms with Crippen molar-refractivity contribution in [3.05, 3.63) is 22.2 Å². The number of alkyl halides is 2. The average Bonchev–Trinajstić information content (AvgIpc) is 2.39. The highest BCUT2D eigenvalue weighted by Gasteiger charge is 2.16. The molecule has 1 aromatic rings. The fourth-order valence-electron chi connectivity index (χ4n) is 1.86. The minimum Gasteiger partial charge on any atom is -0.496 e. The first-order valence-electron chi connectivity index (χ1n) is 6.03. The summed E-state index contributed by atoms with van der Waals surface area (Å²) in [6.45, 7) is -0.158. The molecule has 1 N–H and O–H groups in total. The lowest BCUT2D eigenvalue weighted by atomic mass is 10.1. The molecule has 0 bridgehead atoms. The minimum absolute atomic E-state index is 0.172. The zero-order chi connectivity index (χ0) is 15.1. The highest BCUT2D eigenvalue weighted by Crippen LogP contribution is 2.33. The predicted octanol–water partition coefficient (Wildman–Crippen LogP) is 2.53. The van der Waals surface area contributed by atoms with E-state index in [1.807, 2.05) is 0 Å². The smallest absolute Gasteiger partial charge is 0.251 e. The Bertz CT molecular complexity index is 432. The lowest BCUT2D eigenvalue weighted by Crippen LogP contribution is -2.31. The molecule has 0 aliphatic carbocycles.